The average Bonchev–Trinajstić information content (AvgIpc) is 2.71. The summed E-state index contributed by atoms with van der Waals surface area (Å²) in [5.74, 6) is -2.07. The molecule has 2 aromatic rings. The van der Waals surface area contributed by atoms with Gasteiger partial charge >= 0.3 is 12.0 Å². The van der Waals surface area contributed by atoms with E-state index in [0.29, 0.717) is 0 Å². The lowest BCUT2D eigenvalue weighted by Gasteiger charge is -2.17. The number of carbonyl (C=O) groups excluding carboxylic acids is 3. The number of nitrogens with zero attached hydrogens (tertiary/aromatic N) is 1. The fourth-order valence-corrected chi connectivity index (χ4v) is 3.24. The van der Waals surface area contributed by atoms with Crippen LogP contribution >= 0.6 is 0 Å². The van der Waals surface area contributed by atoms with Gasteiger partial charge in [-0.3, -0.25) is 20.2 Å². The van der Waals surface area contributed by atoms with Crippen LogP contribution in [0.4, 0.5) is 10.5 Å². The van der Waals surface area contributed by atoms with Gasteiger partial charge < -0.3 is 10.1 Å². The lowest BCUT2D eigenvalue weighted by Crippen LogP contribution is -2.41. The van der Waals surface area contributed by atoms with Gasteiger partial charge in [-0.25, -0.2) is 18.0 Å². The molecule has 0 aliphatic carbocycles. The van der Waals surface area contributed by atoms with Crippen molar-refractivity contribution in [1.82, 2.24) is 10.6 Å². The average molecular weight is 435 g/mol. The molecule has 158 valence electrons. The van der Waals surface area contributed by atoms with E-state index in [9.17, 15) is 32.9 Å². The number of ether oxygens (including phenoxy) is 1. The number of esters is 1. The number of hydrogen-bond acceptors (Lipinski definition) is 8. The number of amides is 3. The molecule has 0 bridgehead atoms. The summed E-state index contributed by atoms with van der Waals surface area (Å²) in [4.78, 5) is 46.1. The maximum absolute atomic E-state index is 12.5. The molecule has 30 heavy (non-hydrogen) atoms. The van der Waals surface area contributed by atoms with Crippen molar-refractivity contribution in [3.63, 3.8) is 0 Å². The zero-order valence-electron chi connectivity index (χ0n) is 15.8. The summed E-state index contributed by atoms with van der Waals surface area (Å²) in [6, 6.07) is 9.64. The number of urea groups is 1. The normalized spacial score (nSPS) is 11.8. The smallest absolute Gasteiger partial charge is 0.339 e. The van der Waals surface area contributed by atoms with Crippen LogP contribution in [0.3, 0.4) is 0 Å². The molecular weight excluding hydrogens is 418 g/mol. The van der Waals surface area contributed by atoms with Gasteiger partial charge in [-0.05, 0) is 12.1 Å². The van der Waals surface area contributed by atoms with Crippen LogP contribution in [0.15, 0.2) is 53.4 Å². The second-order valence-corrected chi connectivity index (χ2v) is 7.96. The SMILES string of the molecule is CNC(=O)NC(=O)[C@@H](OC(=O)c1ccc(S(C)(=O)=O)c([N+](=O)[O-])c1)c1ccccc1. The number of imide groups is 1. The number of benzene rings is 2. The molecule has 0 aliphatic rings. The molecule has 0 spiro atoms. The molecular formula is C18H17N3O8S. The molecule has 11 nitrogen and oxygen atoms in total. The second kappa shape index (κ2) is 9.13. The Morgan fingerprint density at radius 2 is 1.73 bits per heavy atom. The monoisotopic (exact) mass is 435 g/mol. The van der Waals surface area contributed by atoms with E-state index in [-0.39, 0.29) is 11.1 Å². The highest BCUT2D eigenvalue weighted by Crippen LogP contribution is 2.27. The quantitative estimate of drug-likeness (QED) is 0.390. The zero-order chi connectivity index (χ0) is 22.5. The Hall–Kier alpha value is -3.80. The van der Waals surface area contributed by atoms with Crippen molar-refractivity contribution in [1.29, 1.82) is 0 Å². The molecule has 3 amide bonds. The maximum atomic E-state index is 12.5. The number of nitro benzene ring substituents is 1. The van der Waals surface area contributed by atoms with Crippen molar-refractivity contribution >= 4 is 33.4 Å². The molecule has 2 N–H and O–H groups in total. The summed E-state index contributed by atoms with van der Waals surface area (Å²) in [5.41, 5.74) is -0.907. The third-order valence-electron chi connectivity index (χ3n) is 3.82. The number of rotatable bonds is 6. The largest absolute Gasteiger partial charge is 0.444 e. The molecule has 2 aromatic carbocycles. The predicted octanol–water partition coefficient (Wildman–Crippen LogP) is 1.35. The maximum Gasteiger partial charge on any atom is 0.339 e. The van der Waals surface area contributed by atoms with Gasteiger partial charge in [-0.1, -0.05) is 30.3 Å². The van der Waals surface area contributed by atoms with Crippen LogP contribution in [0.5, 0.6) is 0 Å². The number of carbonyl (C=O) groups is 3. The Bertz CT molecular complexity index is 1100. The first-order valence-electron chi connectivity index (χ1n) is 8.31. The molecule has 0 aromatic heterocycles. The summed E-state index contributed by atoms with van der Waals surface area (Å²) in [5, 5.41) is 15.4. The summed E-state index contributed by atoms with van der Waals surface area (Å²) < 4.78 is 28.6. The van der Waals surface area contributed by atoms with Crippen LogP contribution in [0.2, 0.25) is 0 Å². The molecule has 0 fully saturated rings. The van der Waals surface area contributed by atoms with Gasteiger partial charge in [0.05, 0.1) is 10.5 Å². The molecule has 12 heteroatoms. The van der Waals surface area contributed by atoms with Crippen LogP contribution in [0, 0.1) is 10.1 Å². The van der Waals surface area contributed by atoms with Gasteiger partial charge in [0.25, 0.3) is 11.6 Å². The van der Waals surface area contributed by atoms with E-state index < -0.39 is 49.4 Å². The van der Waals surface area contributed by atoms with Crippen LogP contribution in [0.25, 0.3) is 0 Å². The predicted molar refractivity (Wildman–Crippen MR) is 103 cm³/mol. The first-order valence-corrected chi connectivity index (χ1v) is 10.2. The van der Waals surface area contributed by atoms with Crippen molar-refractivity contribution in [2.24, 2.45) is 0 Å². The first-order chi connectivity index (χ1) is 14.0. The molecule has 1 atom stereocenters. The summed E-state index contributed by atoms with van der Waals surface area (Å²) in [6.07, 6.45) is -0.744. The Kier molecular flexibility index (Phi) is 6.85. The van der Waals surface area contributed by atoms with Crippen molar-refractivity contribution < 1.29 is 32.5 Å². The van der Waals surface area contributed by atoms with Crippen LogP contribution in [-0.4, -0.2) is 44.6 Å². The van der Waals surface area contributed by atoms with E-state index in [4.69, 9.17) is 4.74 Å². The molecule has 2 rings (SSSR count). The van der Waals surface area contributed by atoms with Crippen LogP contribution in [-0.2, 0) is 19.4 Å². The van der Waals surface area contributed by atoms with Crippen LogP contribution in [0.1, 0.15) is 22.0 Å². The third kappa shape index (κ3) is 5.38. The summed E-state index contributed by atoms with van der Waals surface area (Å²) in [6.45, 7) is 0. The standard InChI is InChI=1S/C18H17N3O8S/c1-19-18(24)20-16(22)15(11-6-4-3-5-7-11)29-17(23)12-8-9-14(30(2,27)28)13(10-12)21(25)26/h3-10,15H,1-2H3,(H2,19,20,22,24)/t15-/m0/s1. The van der Waals surface area contributed by atoms with E-state index in [0.717, 1.165) is 24.5 Å². The molecule has 0 saturated heterocycles. The number of nitrogens with one attached hydrogen (secondary N) is 2. The Balaban J connectivity index is 2.40. The van der Waals surface area contributed by atoms with Crippen molar-refractivity contribution in [3.8, 4) is 0 Å². The van der Waals surface area contributed by atoms with Crippen LogP contribution < -0.4 is 10.6 Å². The van der Waals surface area contributed by atoms with Gasteiger partial charge in [-0.2, -0.15) is 0 Å². The fourth-order valence-electron chi connectivity index (χ4n) is 2.42. The van der Waals surface area contributed by atoms with Gasteiger partial charge in [-0.15, -0.1) is 0 Å². The first kappa shape index (κ1) is 22.5. The van der Waals surface area contributed by atoms with Gasteiger partial charge in [0, 0.05) is 24.9 Å². The van der Waals surface area contributed by atoms with E-state index in [1.165, 1.54) is 19.2 Å². The number of hydrogen-bond donors (Lipinski definition) is 2. The number of nitro groups is 1. The van der Waals surface area contributed by atoms with Gasteiger partial charge in [0.15, 0.2) is 9.84 Å². The molecule has 0 radical (unpaired) electrons. The zero-order valence-corrected chi connectivity index (χ0v) is 16.6. The summed E-state index contributed by atoms with van der Waals surface area (Å²) >= 11 is 0. The molecule has 0 saturated carbocycles. The minimum atomic E-state index is -3.92. The minimum Gasteiger partial charge on any atom is -0.444 e. The van der Waals surface area contributed by atoms with Gasteiger partial charge in [0.1, 0.15) is 4.90 Å². The minimum absolute atomic E-state index is 0.245. The molecule has 0 aliphatic heterocycles. The van der Waals surface area contributed by atoms with Crippen molar-refractivity contribution in [2.75, 3.05) is 13.3 Å². The van der Waals surface area contributed by atoms with Gasteiger partial charge in [0.2, 0.25) is 6.10 Å². The third-order valence-corrected chi connectivity index (χ3v) is 4.96. The highest BCUT2D eigenvalue weighted by atomic mass is 32.2. The lowest BCUT2D eigenvalue weighted by atomic mass is 10.1. The molecule has 0 heterocycles. The lowest BCUT2D eigenvalue weighted by molar-refractivity contribution is -0.387. The van der Waals surface area contributed by atoms with E-state index in [1.54, 1.807) is 18.2 Å². The topological polar surface area (TPSA) is 162 Å². The highest BCUT2D eigenvalue weighted by Gasteiger charge is 2.29. The van der Waals surface area contributed by atoms with Crippen molar-refractivity contribution in [3.05, 3.63) is 69.8 Å². The summed E-state index contributed by atoms with van der Waals surface area (Å²) in [7, 11) is -2.63. The Labute approximate surface area is 171 Å². The van der Waals surface area contributed by atoms with E-state index in [1.807, 2.05) is 5.32 Å². The highest BCUT2D eigenvalue weighted by molar-refractivity contribution is 7.90. The second-order valence-electron chi connectivity index (χ2n) is 5.98. The Morgan fingerprint density at radius 3 is 2.27 bits per heavy atom. The number of sulfone groups is 1. The van der Waals surface area contributed by atoms with Crippen molar-refractivity contribution in [2.45, 2.75) is 11.0 Å². The molecule has 0 unspecified atom stereocenters. The fraction of sp³-hybridized carbons (Fsp3) is 0.167. The van der Waals surface area contributed by atoms with E-state index in [2.05, 4.69) is 5.32 Å². The van der Waals surface area contributed by atoms with E-state index >= 15 is 0 Å². The Morgan fingerprint density at radius 1 is 1.10 bits per heavy atom.